The Bertz CT molecular complexity index is 228. The molecule has 1 unspecified atom stereocenters. The van der Waals surface area contributed by atoms with Crippen LogP contribution in [0.2, 0.25) is 0 Å². The number of rotatable bonds is 2. The molecule has 0 aliphatic rings. The Morgan fingerprint density at radius 1 is 1.23 bits per heavy atom. The Morgan fingerprint density at radius 2 is 1.62 bits per heavy atom. The van der Waals surface area contributed by atoms with E-state index in [0.29, 0.717) is 0 Å². The molecule has 0 aliphatic heterocycles. The van der Waals surface area contributed by atoms with Gasteiger partial charge in [0.25, 0.3) is 0 Å². The van der Waals surface area contributed by atoms with Gasteiger partial charge in [0, 0.05) is 16.6 Å². The Balaban J connectivity index is 4.70. The molecule has 0 aromatic carbocycles. The monoisotopic (exact) mass is 202 g/mol. The predicted molar refractivity (Wildman–Crippen MR) is 59.0 cm³/mol. The molecule has 3 heteroatoms. The van der Waals surface area contributed by atoms with E-state index in [1.54, 1.807) is 0 Å². The molecule has 0 spiro atoms. The van der Waals surface area contributed by atoms with Crippen molar-refractivity contribution in [2.75, 3.05) is 0 Å². The second-order valence-corrected chi connectivity index (χ2v) is 6.31. The third-order valence-corrected chi connectivity index (χ3v) is 1.96. The molecule has 0 rings (SSSR count). The van der Waals surface area contributed by atoms with Crippen molar-refractivity contribution in [1.29, 1.82) is 0 Å². The fourth-order valence-electron chi connectivity index (χ4n) is 0.527. The van der Waals surface area contributed by atoms with E-state index in [-0.39, 0.29) is 11.5 Å². The average Bonchev–Trinajstić information content (AvgIpc) is 1.82. The molecule has 0 radical (unpaired) electrons. The lowest BCUT2D eigenvalue weighted by Crippen LogP contribution is -2.21. The number of hydrogen-bond donors (Lipinski definition) is 1. The maximum atomic E-state index is 11.5. The summed E-state index contributed by atoms with van der Waals surface area (Å²) >= 11 is 0. The normalized spacial score (nSPS) is 14.5. The van der Waals surface area contributed by atoms with E-state index >= 15 is 0 Å². The standard InChI is InChI=1S/C10H19O2P/c1-9(2,3)7(11)6-8(12)10(4,5)13/h6,12H,13H2,1-5H3/b8-6-. The molecule has 0 saturated heterocycles. The van der Waals surface area contributed by atoms with Gasteiger partial charge in [-0.1, -0.05) is 20.8 Å². The van der Waals surface area contributed by atoms with Crippen LogP contribution in [0.3, 0.4) is 0 Å². The number of hydrogen-bond acceptors (Lipinski definition) is 2. The molecule has 0 fully saturated rings. The first-order chi connectivity index (χ1) is 5.55. The lowest BCUT2D eigenvalue weighted by Gasteiger charge is -2.19. The van der Waals surface area contributed by atoms with Crippen LogP contribution < -0.4 is 0 Å². The SMILES string of the molecule is CC(C)(C)C(=O)/C=C(\O)C(C)(C)P. The van der Waals surface area contributed by atoms with Gasteiger partial charge in [0.2, 0.25) is 0 Å². The zero-order valence-electron chi connectivity index (χ0n) is 9.01. The Morgan fingerprint density at radius 3 is 1.85 bits per heavy atom. The highest BCUT2D eigenvalue weighted by molar-refractivity contribution is 7.19. The Labute approximate surface area is 82.6 Å². The summed E-state index contributed by atoms with van der Waals surface area (Å²) < 4.78 is 0. The van der Waals surface area contributed by atoms with Crippen LogP contribution in [-0.2, 0) is 4.79 Å². The number of allylic oxidation sites excluding steroid dienone is 2. The first-order valence-electron chi connectivity index (χ1n) is 4.29. The maximum Gasteiger partial charge on any atom is 0.164 e. The van der Waals surface area contributed by atoms with Gasteiger partial charge in [0.15, 0.2) is 5.78 Å². The van der Waals surface area contributed by atoms with Gasteiger partial charge >= 0.3 is 0 Å². The van der Waals surface area contributed by atoms with Crippen molar-refractivity contribution >= 4 is 15.0 Å². The average molecular weight is 202 g/mol. The van der Waals surface area contributed by atoms with E-state index in [1.165, 1.54) is 6.08 Å². The third-order valence-electron chi connectivity index (χ3n) is 1.67. The zero-order valence-corrected chi connectivity index (χ0v) is 10.2. The van der Waals surface area contributed by atoms with Gasteiger partial charge in [-0.15, -0.1) is 9.24 Å². The molecule has 0 aromatic rings. The minimum Gasteiger partial charge on any atom is -0.511 e. The van der Waals surface area contributed by atoms with Gasteiger partial charge in [-0.2, -0.15) is 0 Å². The van der Waals surface area contributed by atoms with Crippen molar-refractivity contribution in [3.8, 4) is 0 Å². The van der Waals surface area contributed by atoms with Crippen LogP contribution in [0.15, 0.2) is 11.8 Å². The van der Waals surface area contributed by atoms with Crippen molar-refractivity contribution in [3.63, 3.8) is 0 Å². The van der Waals surface area contributed by atoms with Crippen LogP contribution in [0.1, 0.15) is 34.6 Å². The largest absolute Gasteiger partial charge is 0.511 e. The summed E-state index contributed by atoms with van der Waals surface area (Å²) in [6.07, 6.45) is 1.31. The fourth-order valence-corrected chi connectivity index (χ4v) is 0.610. The third kappa shape index (κ3) is 4.42. The molecule has 0 aliphatic carbocycles. The summed E-state index contributed by atoms with van der Waals surface area (Å²) in [5, 5.41) is 9.11. The molecule has 1 N–H and O–H groups in total. The van der Waals surface area contributed by atoms with E-state index in [1.807, 2.05) is 34.6 Å². The van der Waals surface area contributed by atoms with Crippen LogP contribution in [0, 0.1) is 5.41 Å². The molecule has 13 heavy (non-hydrogen) atoms. The highest BCUT2D eigenvalue weighted by Gasteiger charge is 2.23. The second-order valence-electron chi connectivity index (χ2n) is 4.87. The Hall–Kier alpha value is -0.360. The van der Waals surface area contributed by atoms with Crippen molar-refractivity contribution in [2.45, 2.75) is 39.8 Å². The molecular formula is C10H19O2P. The second kappa shape index (κ2) is 3.79. The first-order valence-corrected chi connectivity index (χ1v) is 4.87. The van der Waals surface area contributed by atoms with Gasteiger partial charge < -0.3 is 5.11 Å². The van der Waals surface area contributed by atoms with E-state index in [0.717, 1.165) is 0 Å². The van der Waals surface area contributed by atoms with Gasteiger partial charge in [0.05, 0.1) is 0 Å². The van der Waals surface area contributed by atoms with E-state index in [2.05, 4.69) is 9.24 Å². The van der Waals surface area contributed by atoms with Crippen LogP contribution >= 0.6 is 9.24 Å². The van der Waals surface area contributed by atoms with Gasteiger partial charge in [-0.3, -0.25) is 4.79 Å². The molecule has 0 saturated carbocycles. The summed E-state index contributed by atoms with van der Waals surface area (Å²) in [5.41, 5.74) is -0.427. The minimum atomic E-state index is -0.430. The predicted octanol–water partition coefficient (Wildman–Crippen LogP) is 2.70. The van der Waals surface area contributed by atoms with Crippen LogP contribution in [0.25, 0.3) is 0 Å². The zero-order chi connectivity index (χ0) is 10.9. The molecule has 0 amide bonds. The van der Waals surface area contributed by atoms with Crippen LogP contribution in [0.5, 0.6) is 0 Å². The molecule has 0 heterocycles. The minimum absolute atomic E-state index is 0.0551. The lowest BCUT2D eigenvalue weighted by atomic mass is 9.90. The van der Waals surface area contributed by atoms with Crippen molar-refractivity contribution < 1.29 is 9.90 Å². The van der Waals surface area contributed by atoms with Gasteiger partial charge in [0.1, 0.15) is 5.76 Å². The number of aliphatic hydroxyl groups excluding tert-OH is 1. The topological polar surface area (TPSA) is 37.3 Å². The highest BCUT2D eigenvalue weighted by Crippen LogP contribution is 2.26. The van der Waals surface area contributed by atoms with Crippen LogP contribution in [0.4, 0.5) is 0 Å². The summed E-state index contributed by atoms with van der Waals surface area (Å²) in [7, 11) is 2.49. The summed E-state index contributed by atoms with van der Waals surface area (Å²) in [4.78, 5) is 11.5. The van der Waals surface area contributed by atoms with Crippen molar-refractivity contribution in [1.82, 2.24) is 0 Å². The van der Waals surface area contributed by atoms with Crippen molar-refractivity contribution in [2.24, 2.45) is 5.41 Å². The number of carbonyl (C=O) groups excluding carboxylic acids is 1. The number of carbonyl (C=O) groups is 1. The van der Waals surface area contributed by atoms with Gasteiger partial charge in [-0.05, 0) is 13.8 Å². The van der Waals surface area contributed by atoms with Crippen LogP contribution in [-0.4, -0.2) is 16.0 Å². The molecule has 2 nitrogen and oxygen atoms in total. The maximum absolute atomic E-state index is 11.5. The van der Waals surface area contributed by atoms with Gasteiger partial charge in [-0.25, -0.2) is 0 Å². The smallest absolute Gasteiger partial charge is 0.164 e. The Kier molecular flexibility index (Phi) is 3.69. The first kappa shape index (κ1) is 12.6. The molecule has 1 atom stereocenters. The number of ketones is 1. The quantitative estimate of drug-likeness (QED) is 0.424. The fraction of sp³-hybridized carbons (Fsp3) is 0.700. The molecule has 0 aromatic heterocycles. The summed E-state index contributed by atoms with van der Waals surface area (Å²) in [6.45, 7) is 9.15. The van der Waals surface area contributed by atoms with E-state index < -0.39 is 10.6 Å². The molecule has 76 valence electrons. The molecule has 0 bridgehead atoms. The van der Waals surface area contributed by atoms with E-state index in [4.69, 9.17) is 0 Å². The van der Waals surface area contributed by atoms with Crippen molar-refractivity contribution in [3.05, 3.63) is 11.8 Å². The lowest BCUT2D eigenvalue weighted by molar-refractivity contribution is -0.121. The summed E-state index contributed by atoms with van der Waals surface area (Å²) in [6, 6.07) is 0. The van der Waals surface area contributed by atoms with E-state index in [9.17, 15) is 9.90 Å². The molecular weight excluding hydrogens is 183 g/mol. The summed E-state index contributed by atoms with van der Waals surface area (Å²) in [5.74, 6) is 0.0537. The highest BCUT2D eigenvalue weighted by atomic mass is 31.0. The number of aliphatic hydroxyl groups is 1.